The average molecular weight is 664 g/mol. The van der Waals surface area contributed by atoms with Crippen molar-refractivity contribution in [3.8, 4) is 45.3 Å². The Balaban J connectivity index is 1.45. The molecular formula is C47H29N5. The van der Waals surface area contributed by atoms with Gasteiger partial charge in [0.2, 0.25) is 5.69 Å². The van der Waals surface area contributed by atoms with Gasteiger partial charge < -0.3 is 9.13 Å². The highest BCUT2D eigenvalue weighted by molar-refractivity contribution is 6.29. The van der Waals surface area contributed by atoms with Gasteiger partial charge in [0.1, 0.15) is 0 Å². The zero-order chi connectivity index (χ0) is 34.6. The highest BCUT2D eigenvalue weighted by atomic mass is 15.0. The van der Waals surface area contributed by atoms with E-state index < -0.39 is 0 Å². The van der Waals surface area contributed by atoms with Crippen molar-refractivity contribution in [2.45, 2.75) is 0 Å². The van der Waals surface area contributed by atoms with Crippen LogP contribution in [0.1, 0.15) is 0 Å². The van der Waals surface area contributed by atoms with Gasteiger partial charge in [0, 0.05) is 38.5 Å². The quantitative estimate of drug-likeness (QED) is 0.172. The molecule has 0 N–H and O–H groups in total. The fraction of sp³-hybridized carbons (Fsp3) is 0. The molecule has 0 unspecified atom stereocenters. The van der Waals surface area contributed by atoms with Crippen LogP contribution in [0.3, 0.4) is 0 Å². The third kappa shape index (κ3) is 4.49. The summed E-state index contributed by atoms with van der Waals surface area (Å²) in [6.07, 6.45) is 0. The van der Waals surface area contributed by atoms with E-state index in [1.807, 2.05) is 60.7 Å². The minimum atomic E-state index is 0.434. The Hall–Kier alpha value is -7.29. The summed E-state index contributed by atoms with van der Waals surface area (Å²) in [6.45, 7) is 8.37. The van der Waals surface area contributed by atoms with Crippen molar-refractivity contribution in [2.75, 3.05) is 0 Å². The summed E-state index contributed by atoms with van der Waals surface area (Å²) in [5.74, 6) is 0.567. The lowest BCUT2D eigenvalue weighted by atomic mass is 10.00. The van der Waals surface area contributed by atoms with Gasteiger partial charge in [-0.25, -0.2) is 14.8 Å². The molecule has 52 heavy (non-hydrogen) atoms. The van der Waals surface area contributed by atoms with Gasteiger partial charge in [-0.2, -0.15) is 0 Å². The van der Waals surface area contributed by atoms with Crippen LogP contribution in [0.2, 0.25) is 0 Å². The Labute approximate surface area is 300 Å². The molecule has 10 aromatic rings. The Morgan fingerprint density at radius 1 is 0.442 bits per heavy atom. The van der Waals surface area contributed by atoms with Crippen molar-refractivity contribution < 1.29 is 0 Å². The van der Waals surface area contributed by atoms with Crippen molar-refractivity contribution in [3.63, 3.8) is 0 Å². The maximum atomic E-state index is 8.37. The molecule has 0 aliphatic carbocycles. The standard InChI is InChI=1S/C47H29N5/c1-48-45-43(31-18-6-2-7-19-31)49-47(50-44(45)32-20-8-3-9-21-32)37-30-40-42(36-27-15-16-28-38(36)51(40)33-22-10-4-11-23-33)46-41(37)35-26-14-17-29-39(35)52(46)34-24-12-5-13-25-34/h2-30H. The SMILES string of the molecule is [C-]#[N+]c1c(-c2ccccc2)nc(-c2cc3c(c4ccccc4n3-c3ccccc3)c3c2c2ccccc2n3-c2ccccc2)nc1-c1ccccc1. The smallest absolute Gasteiger partial charge is 0.238 e. The third-order valence-corrected chi connectivity index (χ3v) is 9.93. The minimum absolute atomic E-state index is 0.434. The molecule has 0 bridgehead atoms. The van der Waals surface area contributed by atoms with Crippen molar-refractivity contribution in [3.05, 3.63) is 187 Å². The van der Waals surface area contributed by atoms with Crippen molar-refractivity contribution >= 4 is 49.3 Å². The van der Waals surface area contributed by atoms with E-state index in [-0.39, 0.29) is 0 Å². The molecule has 0 aliphatic heterocycles. The van der Waals surface area contributed by atoms with Gasteiger partial charge in [0.25, 0.3) is 0 Å². The summed E-state index contributed by atoms with van der Waals surface area (Å²) in [5, 5.41) is 4.49. The number of para-hydroxylation sites is 4. The van der Waals surface area contributed by atoms with Crippen LogP contribution >= 0.6 is 0 Å². The predicted octanol–water partition coefficient (Wildman–Crippen LogP) is 12.2. The summed E-state index contributed by atoms with van der Waals surface area (Å²) in [5.41, 5.74) is 10.8. The molecule has 0 amide bonds. The molecule has 3 heterocycles. The molecule has 0 aliphatic rings. The second kappa shape index (κ2) is 11.9. The number of benzene rings is 7. The molecule has 0 spiro atoms. The molecule has 0 radical (unpaired) electrons. The summed E-state index contributed by atoms with van der Waals surface area (Å²) < 4.78 is 4.74. The Morgan fingerprint density at radius 3 is 1.42 bits per heavy atom. The highest BCUT2D eigenvalue weighted by Crippen LogP contribution is 2.47. The van der Waals surface area contributed by atoms with E-state index in [2.05, 4.69) is 129 Å². The van der Waals surface area contributed by atoms with Gasteiger partial charge in [-0.15, -0.1) is 0 Å². The zero-order valence-corrected chi connectivity index (χ0v) is 28.0. The Morgan fingerprint density at radius 2 is 0.885 bits per heavy atom. The highest BCUT2D eigenvalue weighted by Gasteiger charge is 2.26. The molecule has 242 valence electrons. The van der Waals surface area contributed by atoms with E-state index in [0.717, 1.165) is 71.7 Å². The first-order valence-corrected chi connectivity index (χ1v) is 17.3. The first-order chi connectivity index (χ1) is 25.8. The second-order valence-electron chi connectivity index (χ2n) is 12.9. The lowest BCUT2D eigenvalue weighted by molar-refractivity contribution is 1.17. The lowest BCUT2D eigenvalue weighted by Gasteiger charge is -2.15. The van der Waals surface area contributed by atoms with Gasteiger partial charge >= 0.3 is 0 Å². The van der Waals surface area contributed by atoms with Gasteiger partial charge in [0.15, 0.2) is 5.82 Å². The van der Waals surface area contributed by atoms with Crippen LogP contribution in [0.4, 0.5) is 5.69 Å². The summed E-state index contributed by atoms with van der Waals surface area (Å²) in [7, 11) is 0. The van der Waals surface area contributed by atoms with Gasteiger partial charge in [-0.05, 0) is 53.6 Å². The van der Waals surface area contributed by atoms with Gasteiger partial charge in [-0.1, -0.05) is 133 Å². The second-order valence-corrected chi connectivity index (χ2v) is 12.9. The molecule has 10 rings (SSSR count). The summed E-state index contributed by atoms with van der Waals surface area (Å²) >= 11 is 0. The van der Waals surface area contributed by atoms with Crippen LogP contribution in [0.5, 0.6) is 0 Å². The number of aromatic nitrogens is 4. The topological polar surface area (TPSA) is 40.0 Å². The Bertz CT molecular complexity index is 2930. The van der Waals surface area contributed by atoms with Crippen LogP contribution in [-0.2, 0) is 0 Å². The van der Waals surface area contributed by atoms with Crippen LogP contribution in [0.25, 0.3) is 93.7 Å². The van der Waals surface area contributed by atoms with Crippen molar-refractivity contribution in [1.82, 2.24) is 19.1 Å². The van der Waals surface area contributed by atoms with Gasteiger partial charge in [-0.3, -0.25) is 0 Å². The summed E-state index contributed by atoms with van der Waals surface area (Å²) in [4.78, 5) is 14.7. The molecule has 5 heteroatoms. The average Bonchev–Trinajstić information content (AvgIpc) is 3.74. The van der Waals surface area contributed by atoms with E-state index in [9.17, 15) is 0 Å². The largest absolute Gasteiger partial charge is 0.309 e. The first kappa shape index (κ1) is 29.6. The number of hydrogen-bond donors (Lipinski definition) is 0. The van der Waals surface area contributed by atoms with Crippen LogP contribution in [-0.4, -0.2) is 19.1 Å². The normalized spacial score (nSPS) is 11.4. The molecule has 0 saturated carbocycles. The molecule has 0 atom stereocenters. The minimum Gasteiger partial charge on any atom is -0.309 e. The number of fused-ring (bicyclic) bond motifs is 7. The number of nitrogens with zero attached hydrogens (tertiary/aromatic N) is 5. The third-order valence-electron chi connectivity index (χ3n) is 9.93. The fourth-order valence-electron chi connectivity index (χ4n) is 7.76. The number of rotatable bonds is 5. The fourth-order valence-corrected chi connectivity index (χ4v) is 7.76. The monoisotopic (exact) mass is 663 g/mol. The predicted molar refractivity (Wildman–Crippen MR) is 213 cm³/mol. The molecule has 7 aromatic carbocycles. The summed E-state index contributed by atoms with van der Waals surface area (Å²) in [6, 6.07) is 60.6. The van der Waals surface area contributed by atoms with Crippen LogP contribution < -0.4 is 0 Å². The van der Waals surface area contributed by atoms with Crippen molar-refractivity contribution in [1.29, 1.82) is 0 Å². The molecule has 0 fully saturated rings. The molecular weight excluding hydrogens is 635 g/mol. The maximum Gasteiger partial charge on any atom is 0.238 e. The molecule has 5 nitrogen and oxygen atoms in total. The van der Waals surface area contributed by atoms with E-state index in [4.69, 9.17) is 16.5 Å². The number of hydrogen-bond acceptors (Lipinski definition) is 2. The molecule has 0 saturated heterocycles. The van der Waals surface area contributed by atoms with E-state index in [1.54, 1.807) is 0 Å². The lowest BCUT2D eigenvalue weighted by Crippen LogP contribution is -1.99. The zero-order valence-electron chi connectivity index (χ0n) is 28.0. The van der Waals surface area contributed by atoms with Crippen molar-refractivity contribution in [2.24, 2.45) is 0 Å². The van der Waals surface area contributed by atoms with Gasteiger partial charge in [0.05, 0.1) is 40.0 Å². The first-order valence-electron chi connectivity index (χ1n) is 17.3. The maximum absolute atomic E-state index is 8.37. The van der Waals surface area contributed by atoms with E-state index in [0.29, 0.717) is 22.9 Å². The van der Waals surface area contributed by atoms with Crippen LogP contribution in [0.15, 0.2) is 176 Å². The van der Waals surface area contributed by atoms with E-state index >= 15 is 0 Å². The van der Waals surface area contributed by atoms with E-state index in [1.165, 1.54) is 0 Å². The molecule has 3 aromatic heterocycles. The van der Waals surface area contributed by atoms with Crippen LogP contribution in [0, 0.1) is 6.57 Å². The Kier molecular flexibility index (Phi) is 6.80.